The molecule has 0 fully saturated rings. The van der Waals surface area contributed by atoms with E-state index < -0.39 is 0 Å². The van der Waals surface area contributed by atoms with Gasteiger partial charge >= 0.3 is 0 Å². The topological polar surface area (TPSA) is 81.4 Å². The van der Waals surface area contributed by atoms with Gasteiger partial charge in [0.2, 0.25) is 5.91 Å². The van der Waals surface area contributed by atoms with Gasteiger partial charge in [0.05, 0.1) is 12.1 Å². The lowest BCUT2D eigenvalue weighted by atomic mass is 9.98. The molecule has 0 bridgehead atoms. The minimum absolute atomic E-state index is 0.0216. The third-order valence-corrected chi connectivity index (χ3v) is 4.23. The summed E-state index contributed by atoms with van der Waals surface area (Å²) < 4.78 is 5.59. The second-order valence-corrected chi connectivity index (χ2v) is 6.94. The van der Waals surface area contributed by atoms with Crippen molar-refractivity contribution in [1.29, 1.82) is 0 Å². The molecule has 2 atom stereocenters. The van der Waals surface area contributed by atoms with Crippen molar-refractivity contribution in [2.75, 3.05) is 13.2 Å². The Morgan fingerprint density at radius 3 is 2.40 bits per heavy atom. The number of nitrogens with two attached hydrogens (primary N) is 1. The number of ether oxygens (including phenoxy) is 1. The van der Waals surface area contributed by atoms with E-state index in [2.05, 4.69) is 18.8 Å². The van der Waals surface area contributed by atoms with Crippen LogP contribution in [0.3, 0.4) is 0 Å². The highest BCUT2D eigenvalue weighted by Crippen LogP contribution is 2.09. The first-order valence-corrected chi connectivity index (χ1v) is 9.72. The Hall–Kier alpha value is -1.20. The van der Waals surface area contributed by atoms with Gasteiger partial charge < -0.3 is 15.8 Å². The van der Waals surface area contributed by atoms with E-state index in [0.29, 0.717) is 13.0 Å². The van der Waals surface area contributed by atoms with Crippen LogP contribution in [-0.2, 0) is 14.3 Å². The molecule has 0 aromatic heterocycles. The molecule has 5 heteroatoms. The van der Waals surface area contributed by atoms with Gasteiger partial charge in [0, 0.05) is 12.5 Å². The smallest absolute Gasteiger partial charge is 0.246 e. The van der Waals surface area contributed by atoms with Crippen LogP contribution in [0, 0.1) is 5.92 Å². The summed E-state index contributed by atoms with van der Waals surface area (Å²) in [5.74, 6) is -0.0265. The zero-order valence-electron chi connectivity index (χ0n) is 16.4. The minimum atomic E-state index is -0.389. The van der Waals surface area contributed by atoms with E-state index in [9.17, 15) is 9.59 Å². The number of amides is 1. The lowest BCUT2D eigenvalue weighted by molar-refractivity contribution is -0.127. The lowest BCUT2D eigenvalue weighted by Gasteiger charge is -2.14. The van der Waals surface area contributed by atoms with Crippen LogP contribution >= 0.6 is 0 Å². The second-order valence-electron chi connectivity index (χ2n) is 6.94. The van der Waals surface area contributed by atoms with Crippen LogP contribution in [-0.4, -0.2) is 37.0 Å². The van der Waals surface area contributed by atoms with Crippen molar-refractivity contribution in [2.45, 2.75) is 84.3 Å². The van der Waals surface area contributed by atoms with Crippen molar-refractivity contribution < 1.29 is 14.3 Å². The molecule has 25 heavy (non-hydrogen) atoms. The summed E-state index contributed by atoms with van der Waals surface area (Å²) in [5, 5.41) is 2.84. The van der Waals surface area contributed by atoms with E-state index in [0.717, 1.165) is 25.7 Å². The molecule has 0 heterocycles. The van der Waals surface area contributed by atoms with E-state index in [1.165, 1.54) is 19.3 Å². The summed E-state index contributed by atoms with van der Waals surface area (Å²) in [5.41, 5.74) is 5.85. The Labute approximate surface area is 153 Å². The van der Waals surface area contributed by atoms with Crippen LogP contribution in [0.5, 0.6) is 0 Å². The predicted octanol–water partition coefficient (Wildman–Crippen LogP) is 3.37. The van der Waals surface area contributed by atoms with E-state index in [1.807, 2.05) is 13.8 Å². The molecular formula is C20H38N2O3. The summed E-state index contributed by atoms with van der Waals surface area (Å²) in [4.78, 5) is 23.5. The van der Waals surface area contributed by atoms with Crippen molar-refractivity contribution >= 4 is 11.7 Å². The molecule has 0 saturated heterocycles. The van der Waals surface area contributed by atoms with Crippen molar-refractivity contribution in [1.82, 2.24) is 5.32 Å². The van der Waals surface area contributed by atoms with Gasteiger partial charge in [-0.05, 0) is 25.7 Å². The second kappa shape index (κ2) is 15.1. The fourth-order valence-corrected chi connectivity index (χ4v) is 2.56. The normalized spacial score (nSPS) is 13.5. The molecule has 0 rings (SSSR count). The average Bonchev–Trinajstić information content (AvgIpc) is 2.59. The Morgan fingerprint density at radius 2 is 1.80 bits per heavy atom. The SMILES string of the molecule is C=CC(CCCCCC)OCC(=O)NCCCC[C@H](N)C(=O)C(C)C. The number of hydrogen-bond donors (Lipinski definition) is 2. The number of carbonyl (C=O) groups excluding carboxylic acids is 2. The number of unbranched alkanes of at least 4 members (excludes halogenated alkanes) is 4. The van der Waals surface area contributed by atoms with Gasteiger partial charge in [0.25, 0.3) is 0 Å². The van der Waals surface area contributed by atoms with Gasteiger partial charge in [-0.2, -0.15) is 0 Å². The highest BCUT2D eigenvalue weighted by atomic mass is 16.5. The molecule has 0 aromatic rings. The molecule has 1 amide bonds. The molecule has 0 saturated carbocycles. The van der Waals surface area contributed by atoms with Gasteiger partial charge in [-0.15, -0.1) is 6.58 Å². The van der Waals surface area contributed by atoms with Crippen molar-refractivity contribution in [2.24, 2.45) is 11.7 Å². The number of rotatable bonds is 16. The van der Waals surface area contributed by atoms with Crippen LogP contribution in [0.2, 0.25) is 0 Å². The van der Waals surface area contributed by atoms with Crippen LogP contribution in [0.15, 0.2) is 12.7 Å². The lowest BCUT2D eigenvalue weighted by Crippen LogP contribution is -2.34. The molecule has 0 aliphatic carbocycles. The highest BCUT2D eigenvalue weighted by Gasteiger charge is 2.16. The summed E-state index contributed by atoms with van der Waals surface area (Å²) in [6.07, 6.45) is 9.67. The van der Waals surface area contributed by atoms with E-state index in [4.69, 9.17) is 10.5 Å². The molecule has 0 aromatic carbocycles. The molecule has 0 aliphatic heterocycles. The Kier molecular flexibility index (Phi) is 14.4. The standard InChI is InChI=1S/C20H38N2O3/c1-5-7-8-9-12-17(6-2)25-15-19(23)22-14-11-10-13-18(21)20(24)16(3)4/h6,16-18H,2,5,7-15,21H2,1,3-4H3,(H,22,23)/t17?,18-/m0/s1. The van der Waals surface area contributed by atoms with Crippen molar-refractivity contribution in [3.63, 3.8) is 0 Å². The Bertz CT molecular complexity index is 383. The highest BCUT2D eigenvalue weighted by molar-refractivity contribution is 5.85. The summed E-state index contributed by atoms with van der Waals surface area (Å²) >= 11 is 0. The van der Waals surface area contributed by atoms with E-state index in [1.54, 1.807) is 6.08 Å². The minimum Gasteiger partial charge on any atom is -0.364 e. The molecule has 146 valence electrons. The number of nitrogens with one attached hydrogen (secondary N) is 1. The maximum Gasteiger partial charge on any atom is 0.246 e. The van der Waals surface area contributed by atoms with Crippen LogP contribution in [0.1, 0.15) is 72.1 Å². The molecule has 0 radical (unpaired) electrons. The van der Waals surface area contributed by atoms with E-state index >= 15 is 0 Å². The first kappa shape index (κ1) is 23.8. The molecule has 0 spiro atoms. The molecular weight excluding hydrogens is 316 g/mol. The first-order valence-electron chi connectivity index (χ1n) is 9.72. The van der Waals surface area contributed by atoms with Crippen LogP contribution in [0.4, 0.5) is 0 Å². The molecule has 3 N–H and O–H groups in total. The number of Topliss-reactive ketones (excluding diaryl/α,β-unsaturated/α-hetero) is 1. The zero-order valence-corrected chi connectivity index (χ0v) is 16.4. The van der Waals surface area contributed by atoms with Crippen LogP contribution < -0.4 is 11.1 Å². The molecule has 0 aliphatic rings. The summed E-state index contributed by atoms with van der Waals surface area (Å²) in [7, 11) is 0. The zero-order chi connectivity index (χ0) is 19.1. The third-order valence-electron chi connectivity index (χ3n) is 4.23. The van der Waals surface area contributed by atoms with Gasteiger partial charge in [-0.25, -0.2) is 0 Å². The van der Waals surface area contributed by atoms with Crippen molar-refractivity contribution in [3.05, 3.63) is 12.7 Å². The molecule has 1 unspecified atom stereocenters. The number of carbonyl (C=O) groups is 2. The van der Waals surface area contributed by atoms with Gasteiger partial charge in [-0.3, -0.25) is 9.59 Å². The molecule has 5 nitrogen and oxygen atoms in total. The third kappa shape index (κ3) is 12.8. The fourth-order valence-electron chi connectivity index (χ4n) is 2.56. The number of hydrogen-bond acceptors (Lipinski definition) is 4. The Balaban J connectivity index is 3.72. The predicted molar refractivity (Wildman–Crippen MR) is 103 cm³/mol. The summed E-state index contributed by atoms with van der Waals surface area (Å²) in [6.45, 7) is 10.3. The van der Waals surface area contributed by atoms with Crippen molar-refractivity contribution in [3.8, 4) is 0 Å². The quantitative estimate of drug-likeness (QED) is 0.329. The van der Waals surface area contributed by atoms with Gasteiger partial charge in [0.1, 0.15) is 6.61 Å². The van der Waals surface area contributed by atoms with Gasteiger partial charge in [-0.1, -0.05) is 52.5 Å². The first-order chi connectivity index (χ1) is 11.9. The Morgan fingerprint density at radius 1 is 1.12 bits per heavy atom. The fraction of sp³-hybridized carbons (Fsp3) is 0.800. The van der Waals surface area contributed by atoms with Gasteiger partial charge in [0.15, 0.2) is 5.78 Å². The average molecular weight is 355 g/mol. The number of ketones is 1. The maximum absolute atomic E-state index is 11.8. The van der Waals surface area contributed by atoms with E-state index in [-0.39, 0.29) is 36.4 Å². The summed E-state index contributed by atoms with van der Waals surface area (Å²) in [6, 6.07) is -0.389. The largest absolute Gasteiger partial charge is 0.364 e. The van der Waals surface area contributed by atoms with Crippen LogP contribution in [0.25, 0.3) is 0 Å². The maximum atomic E-state index is 11.8. The monoisotopic (exact) mass is 354 g/mol.